The third-order valence-electron chi connectivity index (χ3n) is 2.67. The van der Waals surface area contributed by atoms with E-state index in [1.807, 2.05) is 6.07 Å². The molecule has 0 saturated heterocycles. The third kappa shape index (κ3) is 3.43. The van der Waals surface area contributed by atoms with Gasteiger partial charge in [-0.25, -0.2) is 13.6 Å². The highest BCUT2D eigenvalue weighted by Crippen LogP contribution is 2.15. The van der Waals surface area contributed by atoms with Crippen molar-refractivity contribution in [3.8, 4) is 0 Å². The molecule has 0 atom stereocenters. The van der Waals surface area contributed by atoms with Gasteiger partial charge in [0.2, 0.25) is 10.0 Å². The number of hydrogen-bond donors (Lipinski definition) is 2. The summed E-state index contributed by atoms with van der Waals surface area (Å²) in [5.41, 5.74) is 1.53. The molecule has 0 radical (unpaired) electrons. The molecule has 0 aliphatic carbocycles. The number of carbonyl (C=O) groups is 1. The van der Waals surface area contributed by atoms with Crippen molar-refractivity contribution in [2.24, 2.45) is 5.14 Å². The van der Waals surface area contributed by atoms with Crippen LogP contribution >= 0.6 is 0 Å². The van der Waals surface area contributed by atoms with E-state index in [0.717, 1.165) is 0 Å². The van der Waals surface area contributed by atoms with Gasteiger partial charge in [-0.3, -0.25) is 4.79 Å². The van der Waals surface area contributed by atoms with Crippen LogP contribution in [0.25, 0.3) is 0 Å². The van der Waals surface area contributed by atoms with Crippen molar-refractivity contribution in [1.82, 2.24) is 0 Å². The molecular weight excluding hydrogens is 276 g/mol. The summed E-state index contributed by atoms with van der Waals surface area (Å²) in [4.78, 5) is 12.0. The number of benzene rings is 2. The molecule has 5 nitrogen and oxygen atoms in total. The van der Waals surface area contributed by atoms with Crippen LogP contribution in [-0.4, -0.2) is 14.3 Å². The molecule has 20 heavy (non-hydrogen) atoms. The fraction of sp³-hybridized carbons (Fsp3) is 0.0714. The zero-order valence-electron chi connectivity index (χ0n) is 10.8. The first-order valence-electron chi connectivity index (χ1n) is 5.87. The lowest BCUT2D eigenvalue weighted by molar-refractivity contribution is 0.102. The molecule has 2 rings (SSSR count). The minimum Gasteiger partial charge on any atom is -0.322 e. The molecule has 0 aliphatic rings. The largest absolute Gasteiger partial charge is 0.322 e. The fourth-order valence-corrected chi connectivity index (χ4v) is 2.41. The fourth-order valence-electron chi connectivity index (χ4n) is 1.77. The summed E-state index contributed by atoms with van der Waals surface area (Å²) in [7, 11) is -3.83. The summed E-state index contributed by atoms with van der Waals surface area (Å²) in [6.45, 7) is 1.70. The molecule has 0 spiro atoms. The van der Waals surface area contributed by atoms with E-state index in [4.69, 9.17) is 5.14 Å². The molecule has 3 N–H and O–H groups in total. The molecule has 2 aromatic rings. The lowest BCUT2D eigenvalue weighted by Gasteiger charge is -2.07. The zero-order chi connectivity index (χ0) is 14.8. The lowest BCUT2D eigenvalue weighted by Crippen LogP contribution is -2.16. The maximum absolute atomic E-state index is 12.1. The number of rotatable bonds is 3. The van der Waals surface area contributed by atoms with Gasteiger partial charge in [0, 0.05) is 11.3 Å². The standard InChI is InChI=1S/C14H14N2O3S/c1-10-7-11(9-13(8-10)20(15,18)19)14(17)16-12-5-3-2-4-6-12/h2-9H,1H3,(H,16,17)(H2,15,18,19). The number of para-hydroxylation sites is 1. The van der Waals surface area contributed by atoms with Gasteiger partial charge in [-0.1, -0.05) is 18.2 Å². The Hall–Kier alpha value is -2.18. The first-order valence-corrected chi connectivity index (χ1v) is 7.42. The zero-order valence-corrected chi connectivity index (χ0v) is 11.6. The minimum absolute atomic E-state index is 0.0734. The van der Waals surface area contributed by atoms with Gasteiger partial charge in [-0.2, -0.15) is 0 Å². The SMILES string of the molecule is Cc1cc(C(=O)Nc2ccccc2)cc(S(N)(=O)=O)c1. The number of nitrogens with two attached hydrogens (primary N) is 1. The van der Waals surface area contributed by atoms with Crippen molar-refractivity contribution >= 4 is 21.6 Å². The minimum atomic E-state index is -3.83. The lowest BCUT2D eigenvalue weighted by atomic mass is 10.1. The Labute approximate surface area is 117 Å². The van der Waals surface area contributed by atoms with E-state index >= 15 is 0 Å². The number of hydrogen-bond acceptors (Lipinski definition) is 3. The van der Waals surface area contributed by atoms with Crippen LogP contribution in [0.3, 0.4) is 0 Å². The van der Waals surface area contributed by atoms with E-state index in [1.165, 1.54) is 12.1 Å². The third-order valence-corrected chi connectivity index (χ3v) is 3.57. The molecule has 0 aromatic heterocycles. The Morgan fingerprint density at radius 1 is 1.10 bits per heavy atom. The molecule has 2 aromatic carbocycles. The van der Waals surface area contributed by atoms with Crippen molar-refractivity contribution < 1.29 is 13.2 Å². The number of sulfonamides is 1. The van der Waals surface area contributed by atoms with Gasteiger partial charge in [-0.15, -0.1) is 0 Å². The molecule has 6 heteroatoms. The quantitative estimate of drug-likeness (QED) is 0.904. The van der Waals surface area contributed by atoms with Gasteiger partial charge in [0.15, 0.2) is 0 Å². The topological polar surface area (TPSA) is 89.3 Å². The number of primary sulfonamides is 1. The van der Waals surface area contributed by atoms with E-state index in [0.29, 0.717) is 11.3 Å². The molecule has 104 valence electrons. The molecule has 0 fully saturated rings. The molecule has 0 aliphatic heterocycles. The Bertz CT molecular complexity index is 740. The molecule has 0 saturated carbocycles. The number of aryl methyl sites for hydroxylation is 1. The average molecular weight is 290 g/mol. The second-order valence-corrected chi connectivity index (χ2v) is 5.96. The summed E-state index contributed by atoms with van der Waals surface area (Å²) >= 11 is 0. The van der Waals surface area contributed by atoms with Crippen molar-refractivity contribution in [3.63, 3.8) is 0 Å². The number of anilines is 1. The van der Waals surface area contributed by atoms with Crippen LogP contribution in [0.4, 0.5) is 5.69 Å². The van der Waals surface area contributed by atoms with Crippen LogP contribution in [0.5, 0.6) is 0 Å². The Balaban J connectivity index is 2.33. The van der Waals surface area contributed by atoms with Gasteiger partial charge in [0.25, 0.3) is 5.91 Å². The Morgan fingerprint density at radius 3 is 2.35 bits per heavy atom. The molecule has 0 unspecified atom stereocenters. The predicted octanol–water partition coefficient (Wildman–Crippen LogP) is 1.89. The first-order chi connectivity index (χ1) is 9.36. The van der Waals surface area contributed by atoms with Gasteiger partial charge in [-0.05, 0) is 42.8 Å². The highest BCUT2D eigenvalue weighted by atomic mass is 32.2. The van der Waals surface area contributed by atoms with Gasteiger partial charge in [0.1, 0.15) is 0 Å². The van der Waals surface area contributed by atoms with E-state index < -0.39 is 10.0 Å². The van der Waals surface area contributed by atoms with E-state index in [9.17, 15) is 13.2 Å². The van der Waals surface area contributed by atoms with Gasteiger partial charge < -0.3 is 5.32 Å². The highest BCUT2D eigenvalue weighted by molar-refractivity contribution is 7.89. The van der Waals surface area contributed by atoms with E-state index in [2.05, 4.69) is 5.32 Å². The monoisotopic (exact) mass is 290 g/mol. The highest BCUT2D eigenvalue weighted by Gasteiger charge is 2.13. The summed E-state index contributed by atoms with van der Waals surface area (Å²) in [6.07, 6.45) is 0. The van der Waals surface area contributed by atoms with Gasteiger partial charge in [0.05, 0.1) is 4.90 Å². The second-order valence-electron chi connectivity index (χ2n) is 4.40. The number of nitrogens with one attached hydrogen (secondary N) is 1. The number of carbonyl (C=O) groups excluding carboxylic acids is 1. The van der Waals surface area contributed by atoms with Crippen LogP contribution in [0, 0.1) is 6.92 Å². The molecule has 0 bridgehead atoms. The number of amides is 1. The summed E-state index contributed by atoms with van der Waals surface area (Å²) < 4.78 is 22.7. The second kappa shape index (κ2) is 5.44. The van der Waals surface area contributed by atoms with Crippen molar-refractivity contribution in [2.75, 3.05) is 5.32 Å². The van der Waals surface area contributed by atoms with Crippen LogP contribution in [-0.2, 0) is 10.0 Å². The van der Waals surface area contributed by atoms with Crippen molar-refractivity contribution in [2.45, 2.75) is 11.8 Å². The maximum Gasteiger partial charge on any atom is 0.255 e. The maximum atomic E-state index is 12.1. The van der Waals surface area contributed by atoms with Crippen molar-refractivity contribution in [3.05, 3.63) is 59.7 Å². The first kappa shape index (κ1) is 14.2. The summed E-state index contributed by atoms with van der Waals surface area (Å²) in [5.74, 6) is -0.384. The van der Waals surface area contributed by atoms with Crippen LogP contribution < -0.4 is 10.5 Å². The Kier molecular flexibility index (Phi) is 3.87. The summed E-state index contributed by atoms with van der Waals surface area (Å²) in [6, 6.07) is 13.2. The molecule has 1 amide bonds. The Morgan fingerprint density at radius 2 is 1.75 bits per heavy atom. The van der Waals surface area contributed by atoms with E-state index in [-0.39, 0.29) is 16.4 Å². The van der Waals surface area contributed by atoms with Gasteiger partial charge >= 0.3 is 0 Å². The summed E-state index contributed by atoms with van der Waals surface area (Å²) in [5, 5.41) is 7.78. The van der Waals surface area contributed by atoms with Crippen LogP contribution in [0.2, 0.25) is 0 Å². The average Bonchev–Trinajstić information content (AvgIpc) is 2.38. The van der Waals surface area contributed by atoms with Crippen molar-refractivity contribution in [1.29, 1.82) is 0 Å². The molecule has 0 heterocycles. The predicted molar refractivity (Wildman–Crippen MR) is 76.9 cm³/mol. The van der Waals surface area contributed by atoms with Crippen LogP contribution in [0.1, 0.15) is 15.9 Å². The normalized spacial score (nSPS) is 11.1. The van der Waals surface area contributed by atoms with Crippen LogP contribution in [0.15, 0.2) is 53.4 Å². The molecular formula is C14H14N2O3S. The van der Waals surface area contributed by atoms with E-state index in [1.54, 1.807) is 37.3 Å². The smallest absolute Gasteiger partial charge is 0.255 e.